The molecule has 1 amide bonds. The number of ether oxygens (including phenoxy) is 1. The third kappa shape index (κ3) is 3.42. The summed E-state index contributed by atoms with van der Waals surface area (Å²) in [6.45, 7) is 1.60. The summed E-state index contributed by atoms with van der Waals surface area (Å²) in [5.41, 5.74) is 1.48. The van der Waals surface area contributed by atoms with Gasteiger partial charge in [0.15, 0.2) is 6.61 Å². The molecular formula is C18H16ClNO3S. The summed E-state index contributed by atoms with van der Waals surface area (Å²) in [6, 6.07) is 13.1. The number of para-hydroxylation sites is 1. The molecule has 124 valence electrons. The van der Waals surface area contributed by atoms with Crippen molar-refractivity contribution in [2.45, 2.75) is 29.6 Å². The Hall–Kier alpha value is -1.98. The number of carbonyl (C=O) groups is 2. The predicted molar refractivity (Wildman–Crippen MR) is 95.0 cm³/mol. The topological polar surface area (TPSA) is 46.6 Å². The van der Waals surface area contributed by atoms with Crippen molar-refractivity contribution in [2.24, 2.45) is 0 Å². The molecule has 0 saturated carbocycles. The van der Waals surface area contributed by atoms with Crippen LogP contribution in [0.2, 0.25) is 5.02 Å². The SMILES string of the molecule is CCCC(=O)OCC(=O)N1c2ccccc2Sc2ccc(Cl)cc21. The smallest absolute Gasteiger partial charge is 0.306 e. The maximum atomic E-state index is 12.7. The van der Waals surface area contributed by atoms with Crippen LogP contribution in [-0.4, -0.2) is 18.5 Å². The fourth-order valence-electron chi connectivity index (χ4n) is 2.48. The number of halogens is 1. The van der Waals surface area contributed by atoms with Crippen LogP contribution in [0.1, 0.15) is 19.8 Å². The molecule has 0 spiro atoms. The molecule has 0 aliphatic carbocycles. The molecule has 0 atom stereocenters. The molecule has 6 heteroatoms. The molecule has 2 aromatic rings. The van der Waals surface area contributed by atoms with Crippen LogP contribution in [0.25, 0.3) is 0 Å². The third-order valence-electron chi connectivity index (χ3n) is 3.55. The summed E-state index contributed by atoms with van der Waals surface area (Å²) in [7, 11) is 0. The van der Waals surface area contributed by atoms with Crippen molar-refractivity contribution < 1.29 is 14.3 Å². The van der Waals surface area contributed by atoms with Gasteiger partial charge in [-0.25, -0.2) is 0 Å². The molecule has 0 saturated heterocycles. The number of rotatable bonds is 4. The van der Waals surface area contributed by atoms with Crippen LogP contribution in [0, 0.1) is 0 Å². The summed E-state index contributed by atoms with van der Waals surface area (Å²) in [5.74, 6) is -0.660. The summed E-state index contributed by atoms with van der Waals surface area (Å²) in [4.78, 5) is 27.8. The van der Waals surface area contributed by atoms with E-state index in [1.807, 2.05) is 37.3 Å². The Bertz CT molecular complexity index is 794. The molecule has 1 aliphatic rings. The maximum absolute atomic E-state index is 12.7. The van der Waals surface area contributed by atoms with Crippen molar-refractivity contribution in [3.05, 3.63) is 47.5 Å². The van der Waals surface area contributed by atoms with Crippen LogP contribution in [0.5, 0.6) is 0 Å². The highest BCUT2D eigenvalue weighted by Crippen LogP contribution is 2.48. The number of hydrogen-bond donors (Lipinski definition) is 0. The van der Waals surface area contributed by atoms with Crippen LogP contribution in [0.4, 0.5) is 11.4 Å². The number of carbonyl (C=O) groups excluding carboxylic acids is 2. The number of nitrogens with zero attached hydrogens (tertiary/aromatic N) is 1. The molecule has 0 N–H and O–H groups in total. The molecule has 0 radical (unpaired) electrons. The Labute approximate surface area is 149 Å². The quantitative estimate of drug-likeness (QED) is 0.733. The van der Waals surface area contributed by atoms with E-state index in [0.717, 1.165) is 15.5 Å². The maximum Gasteiger partial charge on any atom is 0.306 e. The van der Waals surface area contributed by atoms with Gasteiger partial charge in [0.2, 0.25) is 0 Å². The van der Waals surface area contributed by atoms with Gasteiger partial charge in [-0.05, 0) is 36.8 Å². The molecule has 3 rings (SSSR count). The van der Waals surface area contributed by atoms with Gasteiger partial charge in [0.25, 0.3) is 5.91 Å². The van der Waals surface area contributed by atoms with E-state index in [4.69, 9.17) is 16.3 Å². The van der Waals surface area contributed by atoms with E-state index in [2.05, 4.69) is 0 Å². The molecule has 1 aliphatic heterocycles. The summed E-state index contributed by atoms with van der Waals surface area (Å²) in [5, 5.41) is 0.550. The molecule has 0 bridgehead atoms. The van der Waals surface area contributed by atoms with Crippen LogP contribution >= 0.6 is 23.4 Å². The lowest BCUT2D eigenvalue weighted by molar-refractivity contribution is -0.147. The van der Waals surface area contributed by atoms with Gasteiger partial charge in [0.1, 0.15) is 0 Å². The monoisotopic (exact) mass is 361 g/mol. The first-order valence-corrected chi connectivity index (χ1v) is 8.84. The Balaban J connectivity index is 1.93. The molecule has 24 heavy (non-hydrogen) atoms. The zero-order valence-corrected chi connectivity index (χ0v) is 14.7. The minimum atomic E-state index is -0.364. The third-order valence-corrected chi connectivity index (χ3v) is 4.91. The van der Waals surface area contributed by atoms with Gasteiger partial charge in [-0.15, -0.1) is 0 Å². The van der Waals surface area contributed by atoms with Gasteiger partial charge in [-0.1, -0.05) is 42.4 Å². The Kier molecular flexibility index (Phi) is 5.11. The first-order valence-electron chi connectivity index (χ1n) is 7.65. The number of benzene rings is 2. The number of fused-ring (bicyclic) bond motifs is 2. The summed E-state index contributed by atoms with van der Waals surface area (Å²) < 4.78 is 5.09. The first-order chi connectivity index (χ1) is 11.6. The van der Waals surface area contributed by atoms with Crippen LogP contribution in [0.3, 0.4) is 0 Å². The first kappa shape index (κ1) is 16.9. The van der Waals surface area contributed by atoms with Gasteiger partial charge < -0.3 is 4.74 Å². The van der Waals surface area contributed by atoms with E-state index in [-0.39, 0.29) is 18.5 Å². The van der Waals surface area contributed by atoms with Crippen molar-refractivity contribution in [3.63, 3.8) is 0 Å². The predicted octanol–water partition coefficient (Wildman–Crippen LogP) is 4.81. The number of hydrogen-bond acceptors (Lipinski definition) is 4. The average Bonchev–Trinajstić information content (AvgIpc) is 2.58. The van der Waals surface area contributed by atoms with Crippen LogP contribution in [0.15, 0.2) is 52.3 Å². The van der Waals surface area contributed by atoms with Gasteiger partial charge >= 0.3 is 5.97 Å². The van der Waals surface area contributed by atoms with Crippen LogP contribution < -0.4 is 4.90 Å². The fraction of sp³-hybridized carbons (Fsp3) is 0.222. The van der Waals surface area contributed by atoms with E-state index < -0.39 is 0 Å². The molecule has 2 aromatic carbocycles. The Morgan fingerprint density at radius 1 is 1.12 bits per heavy atom. The highest BCUT2D eigenvalue weighted by Gasteiger charge is 2.28. The van der Waals surface area contributed by atoms with Crippen molar-refractivity contribution in [2.75, 3.05) is 11.5 Å². The van der Waals surface area contributed by atoms with Gasteiger partial charge in [0, 0.05) is 21.2 Å². The van der Waals surface area contributed by atoms with Crippen LogP contribution in [-0.2, 0) is 14.3 Å². The highest BCUT2D eigenvalue weighted by atomic mass is 35.5. The molecular weight excluding hydrogens is 346 g/mol. The second-order valence-corrected chi connectivity index (χ2v) is 6.84. The molecule has 4 nitrogen and oxygen atoms in total. The minimum absolute atomic E-state index is 0.288. The normalized spacial score (nSPS) is 12.3. The summed E-state index contributed by atoms with van der Waals surface area (Å²) in [6.07, 6.45) is 0.997. The standard InChI is InChI=1S/C18H16ClNO3S/c1-2-5-18(22)23-11-17(21)20-13-6-3-4-7-15(13)24-16-9-8-12(19)10-14(16)20/h3-4,6-10H,2,5,11H2,1H3. The molecule has 0 unspecified atom stereocenters. The Morgan fingerprint density at radius 2 is 1.88 bits per heavy atom. The lowest BCUT2D eigenvalue weighted by Crippen LogP contribution is -2.32. The lowest BCUT2D eigenvalue weighted by Gasteiger charge is -2.31. The molecule has 1 heterocycles. The number of amides is 1. The van der Waals surface area contributed by atoms with Gasteiger partial charge in [-0.3, -0.25) is 14.5 Å². The largest absolute Gasteiger partial charge is 0.456 e. The van der Waals surface area contributed by atoms with Gasteiger partial charge in [0.05, 0.1) is 11.4 Å². The zero-order valence-electron chi connectivity index (χ0n) is 13.1. The summed E-state index contributed by atoms with van der Waals surface area (Å²) >= 11 is 7.69. The minimum Gasteiger partial charge on any atom is -0.456 e. The van der Waals surface area contributed by atoms with Crippen molar-refractivity contribution in [1.29, 1.82) is 0 Å². The van der Waals surface area contributed by atoms with E-state index in [1.54, 1.807) is 28.8 Å². The second-order valence-electron chi connectivity index (χ2n) is 5.32. The molecule has 0 fully saturated rings. The molecule has 0 aromatic heterocycles. The number of anilines is 2. The van der Waals surface area contributed by atoms with E-state index in [0.29, 0.717) is 23.6 Å². The second kappa shape index (κ2) is 7.28. The van der Waals surface area contributed by atoms with Crippen molar-refractivity contribution in [1.82, 2.24) is 0 Å². The average molecular weight is 362 g/mol. The zero-order chi connectivity index (χ0) is 17.1. The number of esters is 1. The highest BCUT2D eigenvalue weighted by molar-refractivity contribution is 7.99. The van der Waals surface area contributed by atoms with Gasteiger partial charge in [-0.2, -0.15) is 0 Å². The fourth-order valence-corrected chi connectivity index (χ4v) is 3.68. The lowest BCUT2D eigenvalue weighted by atomic mass is 10.2. The van der Waals surface area contributed by atoms with E-state index in [1.165, 1.54) is 0 Å². The van der Waals surface area contributed by atoms with E-state index in [9.17, 15) is 9.59 Å². The van der Waals surface area contributed by atoms with E-state index >= 15 is 0 Å². The van der Waals surface area contributed by atoms with Crippen molar-refractivity contribution in [3.8, 4) is 0 Å². The van der Waals surface area contributed by atoms with Crippen molar-refractivity contribution >= 4 is 46.6 Å². The Morgan fingerprint density at radius 3 is 2.67 bits per heavy atom.